The molecule has 0 aliphatic heterocycles. The highest BCUT2D eigenvalue weighted by atomic mass is 16.5. The minimum Gasteiger partial charge on any atom is -0.507 e. The Bertz CT molecular complexity index is 380. The lowest BCUT2D eigenvalue weighted by atomic mass is 10.1. The van der Waals surface area contributed by atoms with E-state index < -0.39 is 5.97 Å². The quantitative estimate of drug-likeness (QED) is 0.610. The minimum absolute atomic E-state index is 0.0412. The monoisotopic (exact) mass is 206 g/mol. The molecular formula is C12H14O3. The van der Waals surface area contributed by atoms with Crippen molar-refractivity contribution in [2.75, 3.05) is 6.61 Å². The maximum absolute atomic E-state index is 11.4. The van der Waals surface area contributed by atoms with Crippen LogP contribution in [0.3, 0.4) is 0 Å². The molecule has 0 aromatic heterocycles. The van der Waals surface area contributed by atoms with Crippen LogP contribution in [-0.4, -0.2) is 17.7 Å². The minimum atomic E-state index is -0.509. The first-order chi connectivity index (χ1) is 7.15. The molecule has 0 saturated heterocycles. The predicted octanol–water partition coefficient (Wildman–Crippen LogP) is 2.43. The number of phenolic OH excluding ortho intramolecular Hbond substituents is 1. The Kier molecular flexibility index (Phi) is 3.92. The first-order valence-electron chi connectivity index (χ1n) is 4.73. The molecule has 0 atom stereocenters. The van der Waals surface area contributed by atoms with Crippen molar-refractivity contribution in [1.82, 2.24) is 0 Å². The topological polar surface area (TPSA) is 46.5 Å². The van der Waals surface area contributed by atoms with Gasteiger partial charge in [-0.15, -0.1) is 0 Å². The summed E-state index contributed by atoms with van der Waals surface area (Å²) < 4.78 is 4.90. The molecule has 0 aliphatic carbocycles. The molecule has 0 aliphatic rings. The molecule has 0 fully saturated rings. The summed E-state index contributed by atoms with van der Waals surface area (Å²) in [5.41, 5.74) is 1.10. The van der Waals surface area contributed by atoms with E-state index in [1.807, 2.05) is 13.8 Å². The highest BCUT2D eigenvalue weighted by molar-refractivity contribution is 5.92. The Balaban J connectivity index is 2.73. The second kappa shape index (κ2) is 5.20. The van der Waals surface area contributed by atoms with Gasteiger partial charge in [0, 0.05) is 0 Å². The fourth-order valence-electron chi connectivity index (χ4n) is 1.11. The molecule has 0 spiro atoms. The number of aromatic hydroxyl groups is 1. The van der Waals surface area contributed by atoms with Crippen molar-refractivity contribution in [3.63, 3.8) is 0 Å². The largest absolute Gasteiger partial charge is 0.507 e. The van der Waals surface area contributed by atoms with Crippen molar-refractivity contribution in [2.45, 2.75) is 13.8 Å². The molecule has 1 rings (SSSR count). The van der Waals surface area contributed by atoms with Gasteiger partial charge < -0.3 is 9.84 Å². The van der Waals surface area contributed by atoms with E-state index in [0.717, 1.165) is 5.56 Å². The van der Waals surface area contributed by atoms with Crippen molar-refractivity contribution in [2.24, 2.45) is 0 Å². The number of benzene rings is 1. The van der Waals surface area contributed by atoms with Crippen molar-refractivity contribution in [3.8, 4) is 5.75 Å². The number of esters is 1. The summed E-state index contributed by atoms with van der Waals surface area (Å²) in [6.45, 7) is 3.91. The first-order valence-corrected chi connectivity index (χ1v) is 4.73. The van der Waals surface area contributed by atoms with Crippen LogP contribution in [0.4, 0.5) is 0 Å². The van der Waals surface area contributed by atoms with Crippen LogP contribution in [0.25, 0.3) is 0 Å². The molecule has 80 valence electrons. The molecule has 3 nitrogen and oxygen atoms in total. The van der Waals surface area contributed by atoms with Crippen LogP contribution < -0.4 is 0 Å². The summed E-state index contributed by atoms with van der Waals surface area (Å²) in [6.07, 6.45) is 3.52. The van der Waals surface area contributed by atoms with Gasteiger partial charge in [-0.25, -0.2) is 4.79 Å². The molecule has 0 radical (unpaired) electrons. The van der Waals surface area contributed by atoms with E-state index in [0.29, 0.717) is 0 Å². The van der Waals surface area contributed by atoms with Gasteiger partial charge in [0.2, 0.25) is 0 Å². The number of hydrogen-bond donors (Lipinski definition) is 1. The van der Waals surface area contributed by atoms with Crippen LogP contribution in [0.5, 0.6) is 5.75 Å². The fraction of sp³-hybridized carbons (Fsp3) is 0.250. The first kappa shape index (κ1) is 11.3. The van der Waals surface area contributed by atoms with Crippen LogP contribution in [0.1, 0.15) is 22.8 Å². The highest BCUT2D eigenvalue weighted by Crippen LogP contribution is 2.19. The van der Waals surface area contributed by atoms with Gasteiger partial charge in [0.05, 0.1) is 0 Å². The van der Waals surface area contributed by atoms with Gasteiger partial charge in [-0.1, -0.05) is 18.2 Å². The van der Waals surface area contributed by atoms with Crippen molar-refractivity contribution < 1.29 is 14.6 Å². The average molecular weight is 206 g/mol. The van der Waals surface area contributed by atoms with E-state index in [-0.39, 0.29) is 17.9 Å². The summed E-state index contributed by atoms with van der Waals surface area (Å²) in [4.78, 5) is 11.4. The average Bonchev–Trinajstić information content (AvgIpc) is 2.17. The Labute approximate surface area is 89.0 Å². The Morgan fingerprint density at radius 3 is 2.87 bits per heavy atom. The van der Waals surface area contributed by atoms with E-state index in [4.69, 9.17) is 4.74 Å². The van der Waals surface area contributed by atoms with E-state index in [1.54, 1.807) is 24.3 Å². The SMILES string of the molecule is C/C=C/COC(=O)c1ccc(C)cc1O. The molecule has 15 heavy (non-hydrogen) atoms. The second-order valence-corrected chi connectivity index (χ2v) is 3.19. The van der Waals surface area contributed by atoms with Crippen LogP contribution in [-0.2, 0) is 4.74 Å². The molecule has 0 unspecified atom stereocenters. The number of carbonyl (C=O) groups is 1. The third kappa shape index (κ3) is 3.13. The Morgan fingerprint density at radius 2 is 2.27 bits per heavy atom. The third-order valence-electron chi connectivity index (χ3n) is 1.92. The van der Waals surface area contributed by atoms with Crippen molar-refractivity contribution >= 4 is 5.97 Å². The zero-order valence-electron chi connectivity index (χ0n) is 8.86. The van der Waals surface area contributed by atoms with Crippen LogP contribution >= 0.6 is 0 Å². The van der Waals surface area contributed by atoms with E-state index in [9.17, 15) is 9.90 Å². The summed E-state index contributed by atoms with van der Waals surface area (Å²) in [7, 11) is 0. The van der Waals surface area contributed by atoms with E-state index >= 15 is 0 Å². The van der Waals surface area contributed by atoms with Gasteiger partial charge in [-0.3, -0.25) is 0 Å². The molecule has 1 N–H and O–H groups in total. The molecule has 0 saturated carbocycles. The number of rotatable bonds is 3. The number of carbonyl (C=O) groups excluding carboxylic acids is 1. The van der Waals surface area contributed by atoms with E-state index in [1.165, 1.54) is 6.07 Å². The molecule has 0 bridgehead atoms. The predicted molar refractivity (Wildman–Crippen MR) is 57.9 cm³/mol. The second-order valence-electron chi connectivity index (χ2n) is 3.19. The van der Waals surface area contributed by atoms with Gasteiger partial charge in [0.1, 0.15) is 17.9 Å². The summed E-state index contributed by atoms with van der Waals surface area (Å²) in [5, 5.41) is 9.50. The van der Waals surface area contributed by atoms with Crippen molar-refractivity contribution in [3.05, 3.63) is 41.5 Å². The summed E-state index contributed by atoms with van der Waals surface area (Å²) in [5.74, 6) is -0.550. The fourth-order valence-corrected chi connectivity index (χ4v) is 1.11. The number of allylic oxidation sites excluding steroid dienone is 1. The lowest BCUT2D eigenvalue weighted by Gasteiger charge is -2.04. The molecule has 1 aromatic rings. The molecule has 3 heteroatoms. The highest BCUT2D eigenvalue weighted by Gasteiger charge is 2.11. The van der Waals surface area contributed by atoms with Crippen molar-refractivity contribution in [1.29, 1.82) is 0 Å². The smallest absolute Gasteiger partial charge is 0.342 e. The van der Waals surface area contributed by atoms with Gasteiger partial charge in [0.15, 0.2) is 0 Å². The Hall–Kier alpha value is -1.77. The lowest BCUT2D eigenvalue weighted by Crippen LogP contribution is -2.05. The van der Waals surface area contributed by atoms with Crippen LogP contribution in [0.15, 0.2) is 30.4 Å². The van der Waals surface area contributed by atoms with Gasteiger partial charge in [0.25, 0.3) is 0 Å². The molecule has 0 amide bonds. The summed E-state index contributed by atoms with van der Waals surface area (Å²) >= 11 is 0. The Morgan fingerprint density at radius 1 is 1.53 bits per heavy atom. The third-order valence-corrected chi connectivity index (χ3v) is 1.92. The number of phenols is 1. The maximum Gasteiger partial charge on any atom is 0.342 e. The normalized spacial score (nSPS) is 10.5. The lowest BCUT2D eigenvalue weighted by molar-refractivity contribution is 0.0546. The van der Waals surface area contributed by atoms with Gasteiger partial charge >= 0.3 is 5.97 Å². The number of hydrogen-bond acceptors (Lipinski definition) is 3. The van der Waals surface area contributed by atoms with Crippen LogP contribution in [0.2, 0.25) is 0 Å². The van der Waals surface area contributed by atoms with Gasteiger partial charge in [-0.05, 0) is 31.5 Å². The maximum atomic E-state index is 11.4. The number of aryl methyl sites for hydroxylation is 1. The zero-order valence-corrected chi connectivity index (χ0v) is 8.86. The molecular weight excluding hydrogens is 192 g/mol. The molecule has 1 aromatic carbocycles. The number of ether oxygens (including phenoxy) is 1. The van der Waals surface area contributed by atoms with E-state index in [2.05, 4.69) is 0 Å². The van der Waals surface area contributed by atoms with Gasteiger partial charge in [-0.2, -0.15) is 0 Å². The standard InChI is InChI=1S/C12H14O3/c1-3-4-7-15-12(14)10-6-5-9(2)8-11(10)13/h3-6,8,13H,7H2,1-2H3/b4-3+. The molecule has 0 heterocycles. The zero-order chi connectivity index (χ0) is 11.3. The summed E-state index contributed by atoms with van der Waals surface area (Å²) in [6, 6.07) is 4.85. The van der Waals surface area contributed by atoms with Crippen LogP contribution in [0, 0.1) is 6.92 Å².